The van der Waals surface area contributed by atoms with Crippen molar-refractivity contribution in [2.24, 2.45) is 40.4 Å². The minimum atomic E-state index is -0.655. The highest BCUT2D eigenvalue weighted by atomic mass is 16.3. The van der Waals surface area contributed by atoms with E-state index in [4.69, 9.17) is 0 Å². The maximum absolute atomic E-state index is 13.4. The molecule has 3 saturated carbocycles. The predicted molar refractivity (Wildman–Crippen MR) is 121 cm³/mol. The van der Waals surface area contributed by atoms with Crippen molar-refractivity contribution >= 4 is 5.78 Å². The highest BCUT2D eigenvalue weighted by molar-refractivity contribution is 5.94. The van der Waals surface area contributed by atoms with Gasteiger partial charge in [-0.2, -0.15) is 0 Å². The molecule has 3 fully saturated rings. The van der Waals surface area contributed by atoms with Crippen LogP contribution in [0.25, 0.3) is 0 Å². The van der Waals surface area contributed by atoms with Crippen LogP contribution >= 0.6 is 0 Å². The zero-order chi connectivity index (χ0) is 21.9. The molecule has 3 nitrogen and oxygen atoms in total. The molecule has 3 heteroatoms. The van der Waals surface area contributed by atoms with Gasteiger partial charge in [-0.25, -0.2) is 0 Å². The molecule has 168 valence electrons. The van der Waals surface area contributed by atoms with Crippen LogP contribution in [0.2, 0.25) is 0 Å². The number of hydrogen-bond donors (Lipinski definition) is 2. The lowest BCUT2D eigenvalue weighted by Crippen LogP contribution is -2.53. The fraction of sp³-hybridized carbons (Fsp3) is 0.815. The van der Waals surface area contributed by atoms with Crippen LogP contribution < -0.4 is 0 Å². The Morgan fingerprint density at radius 3 is 2.60 bits per heavy atom. The van der Waals surface area contributed by atoms with Crippen molar-refractivity contribution in [2.75, 3.05) is 0 Å². The summed E-state index contributed by atoms with van der Waals surface area (Å²) < 4.78 is 0. The van der Waals surface area contributed by atoms with E-state index in [1.807, 2.05) is 19.9 Å². The molecular formula is C27H42O3. The molecule has 0 amide bonds. The number of hydrogen-bond acceptors (Lipinski definition) is 3. The van der Waals surface area contributed by atoms with Gasteiger partial charge in [0.25, 0.3) is 0 Å². The highest BCUT2D eigenvalue weighted by Crippen LogP contribution is 2.66. The number of carbonyl (C=O) groups is 1. The molecule has 0 saturated heterocycles. The average Bonchev–Trinajstić information content (AvgIpc) is 2.99. The number of fused-ring (bicyclic) bond motifs is 5. The zero-order valence-corrected chi connectivity index (χ0v) is 19.7. The molecule has 0 heterocycles. The van der Waals surface area contributed by atoms with E-state index in [-0.39, 0.29) is 22.9 Å². The van der Waals surface area contributed by atoms with Gasteiger partial charge in [0, 0.05) is 5.92 Å². The first-order chi connectivity index (χ1) is 14.0. The van der Waals surface area contributed by atoms with Crippen LogP contribution in [-0.2, 0) is 4.79 Å². The highest BCUT2D eigenvalue weighted by Gasteiger charge is 2.61. The van der Waals surface area contributed by atoms with Gasteiger partial charge in [-0.1, -0.05) is 38.5 Å². The molecule has 2 N–H and O–H groups in total. The van der Waals surface area contributed by atoms with Crippen molar-refractivity contribution < 1.29 is 15.0 Å². The maximum atomic E-state index is 13.4. The molecule has 0 radical (unpaired) electrons. The van der Waals surface area contributed by atoms with E-state index in [0.717, 1.165) is 19.3 Å². The number of ketones is 1. The molecule has 4 aliphatic carbocycles. The fourth-order valence-electron chi connectivity index (χ4n) is 7.99. The number of aliphatic hydroxyl groups excluding tert-OH is 1. The van der Waals surface area contributed by atoms with E-state index < -0.39 is 5.60 Å². The molecule has 4 rings (SSSR count). The van der Waals surface area contributed by atoms with E-state index in [1.54, 1.807) is 0 Å². The summed E-state index contributed by atoms with van der Waals surface area (Å²) in [6, 6.07) is 0. The second kappa shape index (κ2) is 7.59. The van der Waals surface area contributed by atoms with E-state index in [9.17, 15) is 15.0 Å². The summed E-state index contributed by atoms with van der Waals surface area (Å²) >= 11 is 0. The molecular weight excluding hydrogens is 372 g/mol. The smallest absolute Gasteiger partial charge is 0.159 e. The molecule has 8 atom stereocenters. The molecule has 0 bridgehead atoms. The molecule has 0 spiro atoms. The van der Waals surface area contributed by atoms with Crippen molar-refractivity contribution in [3.63, 3.8) is 0 Å². The first kappa shape index (κ1) is 22.3. The third-order valence-electron chi connectivity index (χ3n) is 9.68. The molecule has 30 heavy (non-hydrogen) atoms. The fourth-order valence-corrected chi connectivity index (χ4v) is 7.99. The standard InChI is InChI=1S/C27H42O3/c1-17(7-6-12-25(2,3)30)20-8-9-21-24-22(11-14-27(20,21)5)26(4)13-10-19(28)15-18(26)16-23(24)29/h6-7,16-17,19-22,24,28,30H,8-15H2,1-5H3/t17-,19+,20-,21+,22+,24+,26+,27-/m1/s1. The lowest BCUT2D eigenvalue weighted by atomic mass is 9.46. The second-order valence-electron chi connectivity index (χ2n) is 12.2. The topological polar surface area (TPSA) is 57.5 Å². The molecule has 0 aliphatic heterocycles. The van der Waals surface area contributed by atoms with Crippen molar-refractivity contribution in [1.29, 1.82) is 0 Å². The first-order valence-electron chi connectivity index (χ1n) is 12.3. The van der Waals surface area contributed by atoms with E-state index >= 15 is 0 Å². The first-order valence-corrected chi connectivity index (χ1v) is 12.3. The summed E-state index contributed by atoms with van der Waals surface area (Å²) in [7, 11) is 0. The Morgan fingerprint density at radius 1 is 1.17 bits per heavy atom. The SMILES string of the molecule is C[C@H](C=CCC(C)(C)O)[C@H]1CC[C@H]2[C@@H]3C(=O)C=C4C[C@@H](O)CC[C@]4(C)[C@H]3CC[C@]12C. The third-order valence-corrected chi connectivity index (χ3v) is 9.68. The van der Waals surface area contributed by atoms with Crippen LogP contribution in [0.15, 0.2) is 23.8 Å². The van der Waals surface area contributed by atoms with Gasteiger partial charge >= 0.3 is 0 Å². The quantitative estimate of drug-likeness (QED) is 0.601. The minimum Gasteiger partial charge on any atom is -0.393 e. The van der Waals surface area contributed by atoms with Crippen molar-refractivity contribution in [3.8, 4) is 0 Å². The Bertz CT molecular complexity index is 744. The van der Waals surface area contributed by atoms with Gasteiger partial charge in [0.2, 0.25) is 0 Å². The van der Waals surface area contributed by atoms with Crippen LogP contribution in [0.5, 0.6) is 0 Å². The van der Waals surface area contributed by atoms with Crippen molar-refractivity contribution in [2.45, 2.75) is 97.7 Å². The van der Waals surface area contributed by atoms with E-state index in [0.29, 0.717) is 42.3 Å². The Labute approximate surface area is 183 Å². The van der Waals surface area contributed by atoms with Gasteiger partial charge in [-0.3, -0.25) is 4.79 Å². The van der Waals surface area contributed by atoms with Gasteiger partial charge in [-0.05, 0) is 106 Å². The largest absolute Gasteiger partial charge is 0.393 e. The lowest BCUT2D eigenvalue weighted by molar-refractivity contribution is -0.134. The lowest BCUT2D eigenvalue weighted by Gasteiger charge is -2.57. The van der Waals surface area contributed by atoms with E-state index in [1.165, 1.54) is 24.8 Å². The Hall–Kier alpha value is -0.930. The molecule has 0 aromatic heterocycles. The molecule has 0 aromatic rings. The summed E-state index contributed by atoms with van der Waals surface area (Å²) in [5.74, 6) is 2.55. The Kier molecular flexibility index (Phi) is 5.63. The molecule has 0 aromatic carbocycles. The van der Waals surface area contributed by atoms with Crippen LogP contribution in [0.3, 0.4) is 0 Å². The van der Waals surface area contributed by atoms with Crippen molar-refractivity contribution in [3.05, 3.63) is 23.8 Å². The zero-order valence-electron chi connectivity index (χ0n) is 19.7. The van der Waals surface area contributed by atoms with Gasteiger partial charge in [0.05, 0.1) is 11.7 Å². The van der Waals surface area contributed by atoms with Gasteiger partial charge in [0.1, 0.15) is 0 Å². The predicted octanol–water partition coefficient (Wildman–Crippen LogP) is 5.46. The second-order valence-corrected chi connectivity index (χ2v) is 12.2. The van der Waals surface area contributed by atoms with Crippen molar-refractivity contribution in [1.82, 2.24) is 0 Å². The summed E-state index contributed by atoms with van der Waals surface area (Å²) in [5.41, 5.74) is 0.909. The summed E-state index contributed by atoms with van der Waals surface area (Å²) in [4.78, 5) is 13.4. The van der Waals surface area contributed by atoms with Crippen LogP contribution in [0.1, 0.15) is 86.0 Å². The minimum absolute atomic E-state index is 0.107. The van der Waals surface area contributed by atoms with Gasteiger partial charge < -0.3 is 10.2 Å². The molecule has 0 unspecified atom stereocenters. The maximum Gasteiger partial charge on any atom is 0.159 e. The monoisotopic (exact) mass is 414 g/mol. The number of carbonyl (C=O) groups excluding carboxylic acids is 1. The summed E-state index contributed by atoms with van der Waals surface area (Å²) in [6.07, 6.45) is 14.2. The third kappa shape index (κ3) is 3.64. The average molecular weight is 415 g/mol. The number of allylic oxidation sites excluding steroid dienone is 2. The van der Waals surface area contributed by atoms with E-state index in [2.05, 4.69) is 32.9 Å². The van der Waals surface area contributed by atoms with Crippen LogP contribution in [0.4, 0.5) is 0 Å². The Balaban J connectivity index is 1.57. The number of rotatable bonds is 4. The van der Waals surface area contributed by atoms with Gasteiger partial charge in [0.15, 0.2) is 5.78 Å². The van der Waals surface area contributed by atoms with Crippen LogP contribution in [-0.4, -0.2) is 27.7 Å². The van der Waals surface area contributed by atoms with Crippen LogP contribution in [0, 0.1) is 40.4 Å². The summed E-state index contributed by atoms with van der Waals surface area (Å²) in [5, 5.41) is 20.2. The summed E-state index contributed by atoms with van der Waals surface area (Å²) in [6.45, 7) is 10.9. The normalized spacial score (nSPS) is 45.0. The Morgan fingerprint density at radius 2 is 1.90 bits per heavy atom. The van der Waals surface area contributed by atoms with Gasteiger partial charge in [-0.15, -0.1) is 0 Å². The molecule has 4 aliphatic rings. The number of aliphatic hydroxyl groups is 2.